The van der Waals surface area contributed by atoms with Crippen molar-refractivity contribution in [3.63, 3.8) is 0 Å². The largest absolute Gasteiger partial charge is 0.396 e. The van der Waals surface area contributed by atoms with Crippen LogP contribution in [0.25, 0.3) is 0 Å². The van der Waals surface area contributed by atoms with Gasteiger partial charge in [0, 0.05) is 25.8 Å². The zero-order valence-electron chi connectivity index (χ0n) is 11.2. The van der Waals surface area contributed by atoms with E-state index in [1.54, 1.807) is 18.1 Å². The zero-order valence-corrected chi connectivity index (χ0v) is 11.2. The minimum absolute atomic E-state index is 0.0597. The topological polar surface area (TPSA) is 107 Å². The van der Waals surface area contributed by atoms with Gasteiger partial charge in [0.2, 0.25) is 5.91 Å². The fraction of sp³-hybridized carbons (Fsp3) is 0.583. The minimum atomic E-state index is -0.362. The Morgan fingerprint density at radius 2 is 2.11 bits per heavy atom. The number of anilines is 1. The average molecular weight is 265 g/mol. The number of primary amides is 1. The van der Waals surface area contributed by atoms with Crippen molar-refractivity contribution in [2.24, 2.45) is 18.7 Å². The zero-order chi connectivity index (χ0) is 14.2. The summed E-state index contributed by atoms with van der Waals surface area (Å²) < 4.78 is 1.50. The standard InChI is InChI=1S/C12H19N5O2/c1-7-3-4-8(11(14)18)5-17(7)12(19)10-9(13)6-16(2)15-10/h6-8H,3-5,13H2,1-2H3,(H2,14,18). The molecule has 7 heteroatoms. The monoisotopic (exact) mass is 265 g/mol. The predicted octanol–water partition coefficient (Wildman–Crippen LogP) is -0.272. The summed E-state index contributed by atoms with van der Waals surface area (Å²) in [6.45, 7) is 2.29. The summed E-state index contributed by atoms with van der Waals surface area (Å²) in [4.78, 5) is 25.3. The number of carbonyl (C=O) groups is 2. The Balaban J connectivity index is 2.21. The number of hydrogen-bond acceptors (Lipinski definition) is 4. The lowest BCUT2D eigenvalue weighted by molar-refractivity contribution is -0.123. The van der Waals surface area contributed by atoms with Crippen LogP contribution in [0.1, 0.15) is 30.3 Å². The summed E-state index contributed by atoms with van der Waals surface area (Å²) in [5.41, 5.74) is 11.7. The number of carbonyl (C=O) groups excluding carboxylic acids is 2. The van der Waals surface area contributed by atoms with E-state index in [0.717, 1.165) is 12.8 Å². The first kappa shape index (κ1) is 13.4. The Morgan fingerprint density at radius 3 is 2.63 bits per heavy atom. The van der Waals surface area contributed by atoms with Gasteiger partial charge in [-0.2, -0.15) is 5.10 Å². The molecule has 1 fully saturated rings. The maximum Gasteiger partial charge on any atom is 0.276 e. The highest BCUT2D eigenvalue weighted by Gasteiger charge is 2.33. The van der Waals surface area contributed by atoms with Crippen LogP contribution >= 0.6 is 0 Å². The van der Waals surface area contributed by atoms with Gasteiger partial charge in [0.1, 0.15) is 0 Å². The van der Waals surface area contributed by atoms with Crippen LogP contribution in [0.4, 0.5) is 5.69 Å². The molecule has 0 spiro atoms. The van der Waals surface area contributed by atoms with Crippen LogP contribution in [0, 0.1) is 5.92 Å². The van der Waals surface area contributed by atoms with Gasteiger partial charge < -0.3 is 16.4 Å². The lowest BCUT2D eigenvalue weighted by atomic mass is 9.92. The maximum absolute atomic E-state index is 12.4. The van der Waals surface area contributed by atoms with Gasteiger partial charge >= 0.3 is 0 Å². The van der Waals surface area contributed by atoms with E-state index in [2.05, 4.69) is 5.10 Å². The molecule has 7 nitrogen and oxygen atoms in total. The second kappa shape index (κ2) is 4.91. The molecule has 2 amide bonds. The molecule has 1 aliphatic heterocycles. The molecule has 0 bridgehead atoms. The predicted molar refractivity (Wildman–Crippen MR) is 70.0 cm³/mol. The summed E-state index contributed by atoms with van der Waals surface area (Å²) in [7, 11) is 1.71. The maximum atomic E-state index is 12.4. The second-order valence-electron chi connectivity index (χ2n) is 5.09. The molecule has 0 radical (unpaired) electrons. The number of piperidine rings is 1. The van der Waals surface area contributed by atoms with Crippen LogP contribution < -0.4 is 11.5 Å². The molecule has 0 aliphatic carbocycles. The van der Waals surface area contributed by atoms with E-state index in [1.165, 1.54) is 4.68 Å². The SMILES string of the molecule is CC1CCC(C(N)=O)CN1C(=O)c1nn(C)cc1N. The summed E-state index contributed by atoms with van der Waals surface area (Å²) in [5.74, 6) is -0.889. The van der Waals surface area contributed by atoms with Gasteiger partial charge in [-0.1, -0.05) is 0 Å². The molecule has 2 atom stereocenters. The Bertz CT molecular complexity index is 510. The molecule has 1 aromatic rings. The highest BCUT2D eigenvalue weighted by Crippen LogP contribution is 2.24. The fourth-order valence-corrected chi connectivity index (χ4v) is 2.43. The third kappa shape index (κ3) is 2.54. The second-order valence-corrected chi connectivity index (χ2v) is 5.09. The normalized spacial score (nSPS) is 23.4. The third-order valence-electron chi connectivity index (χ3n) is 3.60. The quantitative estimate of drug-likeness (QED) is 0.767. The van der Waals surface area contributed by atoms with Crippen LogP contribution in [0.2, 0.25) is 0 Å². The van der Waals surface area contributed by atoms with Gasteiger partial charge in [0.25, 0.3) is 5.91 Å². The van der Waals surface area contributed by atoms with Gasteiger partial charge in [-0.25, -0.2) is 0 Å². The van der Waals surface area contributed by atoms with Crippen molar-refractivity contribution in [1.82, 2.24) is 14.7 Å². The average Bonchev–Trinajstić information content (AvgIpc) is 2.68. The first-order valence-corrected chi connectivity index (χ1v) is 6.29. The molecule has 1 aliphatic rings. The summed E-state index contributed by atoms with van der Waals surface area (Å²) in [6, 6.07) is 0.0597. The third-order valence-corrected chi connectivity index (χ3v) is 3.60. The summed E-state index contributed by atoms with van der Waals surface area (Å²) in [6.07, 6.45) is 3.07. The molecule has 1 aromatic heterocycles. The number of nitrogen functional groups attached to an aromatic ring is 1. The number of likely N-dealkylation sites (tertiary alicyclic amines) is 1. The molecule has 2 heterocycles. The molecule has 19 heavy (non-hydrogen) atoms. The number of aromatic nitrogens is 2. The molecule has 0 saturated carbocycles. The first-order chi connectivity index (χ1) is 8.90. The van der Waals surface area contributed by atoms with E-state index in [1.807, 2.05) is 6.92 Å². The lowest BCUT2D eigenvalue weighted by Crippen LogP contribution is -2.48. The smallest absolute Gasteiger partial charge is 0.276 e. The molecule has 4 N–H and O–H groups in total. The summed E-state index contributed by atoms with van der Waals surface area (Å²) >= 11 is 0. The van der Waals surface area contributed by atoms with E-state index < -0.39 is 0 Å². The Hall–Kier alpha value is -2.05. The minimum Gasteiger partial charge on any atom is -0.396 e. The molecule has 0 aromatic carbocycles. The highest BCUT2D eigenvalue weighted by molar-refractivity contribution is 5.97. The van der Waals surface area contributed by atoms with Gasteiger partial charge in [0.05, 0.1) is 11.6 Å². The van der Waals surface area contributed by atoms with Crippen molar-refractivity contribution in [2.75, 3.05) is 12.3 Å². The van der Waals surface area contributed by atoms with Crippen LogP contribution in [-0.4, -0.2) is 39.1 Å². The van der Waals surface area contributed by atoms with Crippen molar-refractivity contribution in [3.05, 3.63) is 11.9 Å². The number of amides is 2. The highest BCUT2D eigenvalue weighted by atomic mass is 16.2. The van der Waals surface area contributed by atoms with E-state index in [9.17, 15) is 9.59 Å². The van der Waals surface area contributed by atoms with Crippen molar-refractivity contribution >= 4 is 17.5 Å². The Morgan fingerprint density at radius 1 is 1.42 bits per heavy atom. The van der Waals surface area contributed by atoms with Gasteiger partial charge in [-0.05, 0) is 19.8 Å². The molecule has 2 rings (SSSR count). The van der Waals surface area contributed by atoms with Crippen molar-refractivity contribution < 1.29 is 9.59 Å². The van der Waals surface area contributed by atoms with E-state index in [0.29, 0.717) is 12.2 Å². The number of hydrogen-bond donors (Lipinski definition) is 2. The van der Waals surface area contributed by atoms with Crippen LogP contribution in [0.15, 0.2) is 6.20 Å². The number of nitrogens with two attached hydrogens (primary N) is 2. The number of rotatable bonds is 2. The molecule has 104 valence electrons. The molecule has 2 unspecified atom stereocenters. The van der Waals surface area contributed by atoms with E-state index in [-0.39, 0.29) is 29.5 Å². The first-order valence-electron chi connectivity index (χ1n) is 6.29. The van der Waals surface area contributed by atoms with Gasteiger partial charge in [0.15, 0.2) is 5.69 Å². The van der Waals surface area contributed by atoms with Crippen LogP contribution in [0.3, 0.4) is 0 Å². The van der Waals surface area contributed by atoms with Crippen LogP contribution in [-0.2, 0) is 11.8 Å². The Labute approximate surface area is 111 Å². The Kier molecular flexibility index (Phi) is 3.46. The number of nitrogens with zero attached hydrogens (tertiary/aromatic N) is 3. The van der Waals surface area contributed by atoms with E-state index in [4.69, 9.17) is 11.5 Å². The van der Waals surface area contributed by atoms with Crippen molar-refractivity contribution in [2.45, 2.75) is 25.8 Å². The fourth-order valence-electron chi connectivity index (χ4n) is 2.43. The van der Waals surface area contributed by atoms with Crippen molar-refractivity contribution in [1.29, 1.82) is 0 Å². The van der Waals surface area contributed by atoms with Gasteiger partial charge in [-0.3, -0.25) is 14.3 Å². The summed E-state index contributed by atoms with van der Waals surface area (Å²) in [5, 5.41) is 4.07. The van der Waals surface area contributed by atoms with Crippen molar-refractivity contribution in [3.8, 4) is 0 Å². The number of aryl methyl sites for hydroxylation is 1. The van der Waals surface area contributed by atoms with Crippen LogP contribution in [0.5, 0.6) is 0 Å². The molecular formula is C12H19N5O2. The molecular weight excluding hydrogens is 246 g/mol. The van der Waals surface area contributed by atoms with E-state index >= 15 is 0 Å². The lowest BCUT2D eigenvalue weighted by Gasteiger charge is -2.36. The van der Waals surface area contributed by atoms with Gasteiger partial charge in [-0.15, -0.1) is 0 Å². The molecule has 1 saturated heterocycles.